The van der Waals surface area contributed by atoms with E-state index in [4.69, 9.17) is 37.0 Å². The Labute approximate surface area is 605 Å². The molecule has 3 N–H and O–H groups in total. The maximum Gasteiger partial charge on any atom is 0.472 e. The predicted molar refractivity (Wildman–Crippen MR) is 404 cm³/mol. The molecule has 0 rings (SSSR count). The van der Waals surface area contributed by atoms with E-state index in [1.54, 1.807) is 0 Å². The zero-order valence-corrected chi connectivity index (χ0v) is 66.2. The second kappa shape index (κ2) is 69.9. The zero-order valence-electron chi connectivity index (χ0n) is 64.4. The lowest BCUT2D eigenvalue weighted by Gasteiger charge is -2.21. The molecule has 0 bridgehead atoms. The number of phosphoric acid groups is 2. The van der Waals surface area contributed by atoms with Crippen molar-refractivity contribution >= 4 is 39.5 Å². The number of allylic oxidation sites excluding steroid dienone is 4. The number of rotatable bonds is 76. The molecule has 0 aromatic carbocycles. The Morgan fingerprint density at radius 2 is 0.596 bits per heavy atom. The largest absolute Gasteiger partial charge is 0.472 e. The van der Waals surface area contributed by atoms with Gasteiger partial charge in [-0.15, -0.1) is 0 Å². The highest BCUT2D eigenvalue weighted by Crippen LogP contribution is 2.45. The third-order valence-electron chi connectivity index (χ3n) is 18.4. The van der Waals surface area contributed by atoms with Gasteiger partial charge in [-0.05, 0) is 69.1 Å². The summed E-state index contributed by atoms with van der Waals surface area (Å²) >= 11 is 0. The lowest BCUT2D eigenvalue weighted by atomic mass is 10.00. The Bertz CT molecular complexity index is 2020. The van der Waals surface area contributed by atoms with Crippen LogP contribution in [0.4, 0.5) is 0 Å². The van der Waals surface area contributed by atoms with E-state index in [1.165, 1.54) is 173 Å². The molecule has 0 aliphatic heterocycles. The van der Waals surface area contributed by atoms with Crippen molar-refractivity contribution in [3.05, 3.63) is 24.3 Å². The van der Waals surface area contributed by atoms with E-state index in [0.29, 0.717) is 25.7 Å². The van der Waals surface area contributed by atoms with Crippen molar-refractivity contribution in [2.75, 3.05) is 39.6 Å². The third-order valence-corrected chi connectivity index (χ3v) is 20.3. The Kier molecular flexibility index (Phi) is 68.1. The number of carbonyl (C=O) groups is 4. The first-order valence-corrected chi connectivity index (χ1v) is 43.7. The highest BCUT2D eigenvalue weighted by Gasteiger charge is 2.30. The first-order valence-electron chi connectivity index (χ1n) is 40.7. The first kappa shape index (κ1) is 96.5. The van der Waals surface area contributed by atoms with E-state index in [1.807, 2.05) is 0 Å². The van der Waals surface area contributed by atoms with Crippen LogP contribution in [0.15, 0.2) is 24.3 Å². The maximum absolute atomic E-state index is 13.1. The molecule has 6 atom stereocenters. The van der Waals surface area contributed by atoms with Crippen LogP contribution in [-0.2, 0) is 65.4 Å². The van der Waals surface area contributed by atoms with Gasteiger partial charge in [0, 0.05) is 25.7 Å². The Balaban J connectivity index is 5.28. The fourth-order valence-electron chi connectivity index (χ4n) is 11.7. The summed E-state index contributed by atoms with van der Waals surface area (Å²) in [5.41, 5.74) is 0. The molecule has 0 saturated heterocycles. The number of ether oxygens (including phenoxy) is 4. The van der Waals surface area contributed by atoms with Gasteiger partial charge in [-0.2, -0.15) is 0 Å². The second-order valence-corrected chi connectivity index (χ2v) is 32.2. The lowest BCUT2D eigenvalue weighted by Crippen LogP contribution is -2.30. The molecule has 0 radical (unpaired) electrons. The van der Waals surface area contributed by atoms with Gasteiger partial charge in [-0.3, -0.25) is 37.3 Å². The smallest absolute Gasteiger partial charge is 0.462 e. The maximum atomic E-state index is 13.1. The molecule has 584 valence electrons. The first-order chi connectivity index (χ1) is 47.8. The van der Waals surface area contributed by atoms with Crippen LogP contribution < -0.4 is 0 Å². The Morgan fingerprint density at radius 3 is 0.899 bits per heavy atom. The van der Waals surface area contributed by atoms with Gasteiger partial charge in [-0.25, -0.2) is 9.13 Å². The molecule has 3 unspecified atom stereocenters. The lowest BCUT2D eigenvalue weighted by molar-refractivity contribution is -0.161. The summed E-state index contributed by atoms with van der Waals surface area (Å²) < 4.78 is 68.6. The van der Waals surface area contributed by atoms with Gasteiger partial charge in [0.1, 0.15) is 19.3 Å². The van der Waals surface area contributed by atoms with Gasteiger partial charge in [-0.1, -0.05) is 336 Å². The van der Waals surface area contributed by atoms with Crippen LogP contribution in [0.3, 0.4) is 0 Å². The van der Waals surface area contributed by atoms with Crippen LogP contribution in [0.1, 0.15) is 389 Å². The van der Waals surface area contributed by atoms with Crippen molar-refractivity contribution in [2.24, 2.45) is 17.8 Å². The third kappa shape index (κ3) is 72.3. The minimum Gasteiger partial charge on any atom is -0.462 e. The number of hydrogen-bond donors (Lipinski definition) is 3. The topological polar surface area (TPSA) is 237 Å². The number of hydrogen-bond acceptors (Lipinski definition) is 15. The molecule has 0 amide bonds. The summed E-state index contributed by atoms with van der Waals surface area (Å²) in [5, 5.41) is 10.6. The highest BCUT2D eigenvalue weighted by atomic mass is 31.2. The highest BCUT2D eigenvalue weighted by molar-refractivity contribution is 7.47. The van der Waals surface area contributed by atoms with Crippen LogP contribution >= 0.6 is 15.6 Å². The molecule has 0 aliphatic carbocycles. The van der Waals surface area contributed by atoms with Gasteiger partial charge in [0.2, 0.25) is 0 Å². The number of aliphatic hydroxyl groups excluding tert-OH is 1. The molecule has 0 aromatic heterocycles. The average Bonchev–Trinajstić information content (AvgIpc) is 1.15. The van der Waals surface area contributed by atoms with E-state index in [9.17, 15) is 43.2 Å². The molecular weight excluding hydrogens is 1290 g/mol. The van der Waals surface area contributed by atoms with Crippen LogP contribution in [0.2, 0.25) is 0 Å². The van der Waals surface area contributed by atoms with Gasteiger partial charge >= 0.3 is 39.5 Å². The van der Waals surface area contributed by atoms with Crippen molar-refractivity contribution in [1.29, 1.82) is 0 Å². The fraction of sp³-hybridized carbons (Fsp3) is 0.900. The van der Waals surface area contributed by atoms with E-state index in [-0.39, 0.29) is 25.7 Å². The van der Waals surface area contributed by atoms with Crippen LogP contribution in [0, 0.1) is 17.8 Å². The van der Waals surface area contributed by atoms with Crippen molar-refractivity contribution in [3.8, 4) is 0 Å². The van der Waals surface area contributed by atoms with E-state index in [0.717, 1.165) is 133 Å². The quantitative estimate of drug-likeness (QED) is 0.0169. The molecule has 99 heavy (non-hydrogen) atoms. The summed E-state index contributed by atoms with van der Waals surface area (Å²) in [6, 6.07) is 0. The molecule has 0 fully saturated rings. The van der Waals surface area contributed by atoms with E-state index < -0.39 is 97.5 Å². The SMILES string of the molecule is CCCCCC/C=C\C=C/CCCCCCCC(=O)OC[C@H](COP(=O)(O)OC[C@@H](O)COP(=O)(O)OC[C@@H](COC(=O)CCCCCCCCC(C)CC)OC(=O)CCCCCCCCCCCCCCCCCC(C)C)OC(=O)CCCCCCCCCCCCCCCC(C)C. The van der Waals surface area contributed by atoms with Gasteiger partial charge in [0.05, 0.1) is 26.4 Å². The standard InChI is InChI=1S/C80H152O17P2/c1-8-10-11-12-13-14-15-16-18-24-29-34-39-47-54-61-77(82)90-67-75(96-79(84)64-57-50-41-36-31-26-21-23-28-33-38-45-52-59-72(5)6)69-94-98(86,87)92-65-74(81)66-93-99(88,89)95-70-76(68-91-78(83)62-55-48-43-42-46-53-60-73(7)9-2)97-80(85)63-56-49-40-35-30-25-20-17-19-22-27-32-37-44-51-58-71(3)4/h14-16,18,71-76,81H,8-13,17,19-70H2,1-7H3,(H,86,87)(H,88,89)/b15-14-,18-16-/t73?,74-,75-,76-/m1/s1. The molecule has 19 heteroatoms. The Hall–Kier alpha value is -2.46. The van der Waals surface area contributed by atoms with Crippen LogP contribution in [0.25, 0.3) is 0 Å². The summed E-state index contributed by atoms with van der Waals surface area (Å²) in [5.74, 6) is 0.171. The number of carbonyl (C=O) groups excluding carboxylic acids is 4. The van der Waals surface area contributed by atoms with Crippen LogP contribution in [-0.4, -0.2) is 96.7 Å². The summed E-state index contributed by atoms with van der Waals surface area (Å²) in [6.45, 7) is 11.9. The Morgan fingerprint density at radius 1 is 0.333 bits per heavy atom. The van der Waals surface area contributed by atoms with Crippen molar-refractivity contribution in [2.45, 2.75) is 407 Å². The summed E-state index contributed by atoms with van der Waals surface area (Å²) in [6.07, 6.45) is 60.4. The molecule has 0 aliphatic rings. The predicted octanol–water partition coefficient (Wildman–Crippen LogP) is 23.3. The minimum atomic E-state index is -4.97. The number of aliphatic hydroxyl groups is 1. The normalized spacial score (nSPS) is 14.4. The van der Waals surface area contributed by atoms with Gasteiger partial charge < -0.3 is 33.8 Å². The molecule has 0 saturated carbocycles. The van der Waals surface area contributed by atoms with Gasteiger partial charge in [0.25, 0.3) is 0 Å². The molecule has 0 heterocycles. The minimum absolute atomic E-state index is 0.100. The zero-order chi connectivity index (χ0) is 73.0. The van der Waals surface area contributed by atoms with Crippen molar-refractivity contribution < 1.29 is 80.2 Å². The fourth-order valence-corrected chi connectivity index (χ4v) is 13.3. The average molecular weight is 1450 g/mol. The molecule has 17 nitrogen and oxygen atoms in total. The molecular formula is C80H152O17P2. The molecule has 0 aromatic rings. The second-order valence-electron chi connectivity index (χ2n) is 29.3. The van der Waals surface area contributed by atoms with Crippen molar-refractivity contribution in [1.82, 2.24) is 0 Å². The summed E-state index contributed by atoms with van der Waals surface area (Å²) in [4.78, 5) is 73.0. The van der Waals surface area contributed by atoms with Crippen molar-refractivity contribution in [3.63, 3.8) is 0 Å². The number of esters is 4. The van der Waals surface area contributed by atoms with E-state index >= 15 is 0 Å². The number of phosphoric ester groups is 2. The summed E-state index contributed by atoms with van der Waals surface area (Å²) in [7, 11) is -9.93. The van der Waals surface area contributed by atoms with Gasteiger partial charge in [0.15, 0.2) is 12.2 Å². The monoisotopic (exact) mass is 1450 g/mol. The number of unbranched alkanes of at least 4 members (excludes halogenated alkanes) is 40. The van der Waals surface area contributed by atoms with E-state index in [2.05, 4.69) is 72.8 Å². The van der Waals surface area contributed by atoms with Crippen LogP contribution in [0.5, 0.6) is 0 Å². The molecule has 0 spiro atoms.